The Kier molecular flexibility index (Phi) is 5.39. The van der Waals surface area contributed by atoms with E-state index in [1.165, 1.54) is 55.1 Å². The van der Waals surface area contributed by atoms with Crippen LogP contribution in [0.2, 0.25) is 0 Å². The monoisotopic (exact) mass is 550 g/mol. The highest BCUT2D eigenvalue weighted by Gasteiger charge is 2.52. The molecule has 0 saturated carbocycles. The molecule has 0 amide bonds. The van der Waals surface area contributed by atoms with E-state index in [1.54, 1.807) is 0 Å². The van der Waals surface area contributed by atoms with Crippen molar-refractivity contribution in [1.82, 2.24) is 0 Å². The van der Waals surface area contributed by atoms with E-state index < -0.39 is 0 Å². The van der Waals surface area contributed by atoms with Crippen molar-refractivity contribution in [2.24, 2.45) is 0 Å². The van der Waals surface area contributed by atoms with E-state index in [4.69, 9.17) is 9.31 Å². The Bertz CT molecular complexity index is 1760. The van der Waals surface area contributed by atoms with Crippen LogP contribution in [0.25, 0.3) is 22.3 Å². The molecule has 5 aromatic rings. The van der Waals surface area contributed by atoms with Crippen molar-refractivity contribution >= 4 is 31.8 Å². The molecule has 41 heavy (non-hydrogen) atoms. The highest BCUT2D eigenvalue weighted by Crippen LogP contribution is 2.62. The van der Waals surface area contributed by atoms with Gasteiger partial charge >= 0.3 is 7.12 Å². The first-order valence-electron chi connectivity index (χ1n) is 14.5. The predicted molar refractivity (Wildman–Crippen MR) is 172 cm³/mol. The van der Waals surface area contributed by atoms with Crippen LogP contribution in [-0.4, -0.2) is 18.3 Å². The molecule has 1 spiro atoms. The lowest BCUT2D eigenvalue weighted by atomic mass is 9.70. The SMILES string of the molecule is CC1(C)OB(c2ccc(Pc3ccc4c(c3)C3(c5ccccc5-c5ccccc53)c3ccccc3-4)cc2)OC1(C)C. The minimum Gasteiger partial charge on any atom is -0.399 e. The molecule has 0 radical (unpaired) electrons. The quantitative estimate of drug-likeness (QED) is 0.175. The number of hydrogen-bond donors (Lipinski definition) is 0. The van der Waals surface area contributed by atoms with Gasteiger partial charge in [-0.25, -0.2) is 0 Å². The summed E-state index contributed by atoms with van der Waals surface area (Å²) < 4.78 is 12.6. The van der Waals surface area contributed by atoms with Crippen molar-refractivity contribution in [1.29, 1.82) is 0 Å². The zero-order valence-corrected chi connectivity index (χ0v) is 24.9. The molecule has 3 aliphatic rings. The van der Waals surface area contributed by atoms with Gasteiger partial charge in [0, 0.05) is 0 Å². The van der Waals surface area contributed by atoms with E-state index in [1.807, 2.05) is 0 Å². The number of benzene rings is 5. The number of rotatable bonds is 3. The lowest BCUT2D eigenvalue weighted by molar-refractivity contribution is 0.00578. The Morgan fingerprint density at radius 1 is 0.488 bits per heavy atom. The molecule has 5 aromatic carbocycles. The highest BCUT2D eigenvalue weighted by atomic mass is 31.1. The van der Waals surface area contributed by atoms with E-state index in [9.17, 15) is 0 Å². The normalized spacial score (nSPS) is 18.5. The van der Waals surface area contributed by atoms with Gasteiger partial charge in [0.15, 0.2) is 0 Å². The highest BCUT2D eigenvalue weighted by molar-refractivity contribution is 7.55. The van der Waals surface area contributed by atoms with Gasteiger partial charge in [-0.1, -0.05) is 118 Å². The molecule has 1 fully saturated rings. The summed E-state index contributed by atoms with van der Waals surface area (Å²) in [5, 5.41) is 2.66. The van der Waals surface area contributed by atoms with Gasteiger partial charge < -0.3 is 9.31 Å². The predicted octanol–water partition coefficient (Wildman–Crippen LogP) is 6.96. The van der Waals surface area contributed by atoms with Crippen LogP contribution < -0.4 is 16.1 Å². The Hall–Kier alpha value is -3.49. The van der Waals surface area contributed by atoms with E-state index in [0.717, 1.165) is 5.46 Å². The minimum absolute atomic E-state index is 0.291. The fourth-order valence-electron chi connectivity index (χ4n) is 7.04. The third-order valence-corrected chi connectivity index (χ3v) is 10.9. The van der Waals surface area contributed by atoms with Crippen LogP contribution in [0.4, 0.5) is 0 Å². The summed E-state index contributed by atoms with van der Waals surface area (Å²) in [4.78, 5) is 0. The molecule has 8 rings (SSSR count). The van der Waals surface area contributed by atoms with Gasteiger partial charge in [0.25, 0.3) is 0 Å². The van der Waals surface area contributed by atoms with Gasteiger partial charge in [-0.15, -0.1) is 0 Å². The Balaban J connectivity index is 1.20. The Morgan fingerprint density at radius 2 is 0.927 bits per heavy atom. The summed E-state index contributed by atoms with van der Waals surface area (Å²) in [5.41, 5.74) is 11.0. The summed E-state index contributed by atoms with van der Waals surface area (Å²) in [6.45, 7) is 8.40. The van der Waals surface area contributed by atoms with Crippen LogP contribution in [0, 0.1) is 0 Å². The van der Waals surface area contributed by atoms with Crippen LogP contribution in [0.15, 0.2) is 115 Å². The fraction of sp³-hybridized carbons (Fsp3) is 0.189. The number of hydrogen-bond acceptors (Lipinski definition) is 2. The topological polar surface area (TPSA) is 18.5 Å². The molecule has 0 N–H and O–H groups in total. The zero-order chi connectivity index (χ0) is 28.0. The maximum atomic E-state index is 6.28. The standard InChI is InChI=1S/C37H32BO2P/c1-35(2)36(3,4)40-38(39-35)24-17-19-25(20-18-24)41-26-21-22-30-29-13-7-10-16-33(29)37(34(30)23-26)31-14-8-5-11-27(31)28-12-6-9-15-32(28)37/h5-23,41H,1-4H3. The molecule has 0 bridgehead atoms. The third-order valence-electron chi connectivity index (χ3n) is 9.72. The second-order valence-corrected chi connectivity index (χ2v) is 13.9. The van der Waals surface area contributed by atoms with Gasteiger partial charge in [-0.05, 0) is 94.3 Å². The lowest BCUT2D eigenvalue weighted by Crippen LogP contribution is -2.41. The molecular formula is C37H32BO2P. The van der Waals surface area contributed by atoms with Crippen LogP contribution in [-0.2, 0) is 14.7 Å². The molecule has 1 atom stereocenters. The second kappa shape index (κ2) is 8.76. The van der Waals surface area contributed by atoms with Gasteiger partial charge in [-0.3, -0.25) is 0 Å². The minimum atomic E-state index is -0.340. The third kappa shape index (κ3) is 3.50. The van der Waals surface area contributed by atoms with Crippen LogP contribution in [0.5, 0.6) is 0 Å². The van der Waals surface area contributed by atoms with E-state index in [-0.39, 0.29) is 23.7 Å². The van der Waals surface area contributed by atoms with Crippen molar-refractivity contribution in [2.45, 2.75) is 44.3 Å². The van der Waals surface area contributed by atoms with Gasteiger partial charge in [0.2, 0.25) is 0 Å². The second-order valence-electron chi connectivity index (χ2n) is 12.5. The summed E-state index contributed by atoms with van der Waals surface area (Å²) in [5.74, 6) is 0. The zero-order valence-electron chi connectivity index (χ0n) is 23.9. The maximum Gasteiger partial charge on any atom is 0.494 e. The summed E-state index contributed by atoms with van der Waals surface area (Å²) in [6, 6.07) is 42.9. The van der Waals surface area contributed by atoms with Crippen LogP contribution >= 0.6 is 8.58 Å². The molecule has 1 saturated heterocycles. The first kappa shape index (κ1) is 25.2. The van der Waals surface area contributed by atoms with Crippen molar-refractivity contribution in [2.75, 3.05) is 0 Å². The molecule has 2 aliphatic carbocycles. The van der Waals surface area contributed by atoms with Crippen LogP contribution in [0.1, 0.15) is 49.9 Å². The Labute approximate surface area is 244 Å². The van der Waals surface area contributed by atoms with Gasteiger partial charge in [0.05, 0.1) is 16.6 Å². The Morgan fingerprint density at radius 3 is 1.44 bits per heavy atom. The molecule has 0 aromatic heterocycles. The molecule has 2 nitrogen and oxygen atoms in total. The van der Waals surface area contributed by atoms with Crippen molar-refractivity contribution < 1.29 is 9.31 Å². The maximum absolute atomic E-state index is 6.28. The first-order valence-corrected chi connectivity index (χ1v) is 15.5. The molecular weight excluding hydrogens is 518 g/mol. The van der Waals surface area contributed by atoms with E-state index in [0.29, 0.717) is 8.58 Å². The summed E-state index contributed by atoms with van der Waals surface area (Å²) in [6.07, 6.45) is 0. The van der Waals surface area contributed by atoms with E-state index >= 15 is 0 Å². The summed E-state index contributed by atoms with van der Waals surface area (Å²) >= 11 is 0. The lowest BCUT2D eigenvalue weighted by Gasteiger charge is -2.32. The molecule has 4 heteroatoms. The molecule has 1 aliphatic heterocycles. The molecule has 200 valence electrons. The number of fused-ring (bicyclic) bond motifs is 10. The summed E-state index contributed by atoms with van der Waals surface area (Å²) in [7, 11) is 0.220. The average molecular weight is 550 g/mol. The van der Waals surface area contributed by atoms with Crippen molar-refractivity contribution in [3.8, 4) is 22.3 Å². The van der Waals surface area contributed by atoms with Crippen molar-refractivity contribution in [3.05, 3.63) is 138 Å². The average Bonchev–Trinajstić information content (AvgIpc) is 3.53. The van der Waals surface area contributed by atoms with E-state index in [2.05, 4.69) is 143 Å². The van der Waals surface area contributed by atoms with Gasteiger partial charge in [-0.2, -0.15) is 0 Å². The van der Waals surface area contributed by atoms with Gasteiger partial charge in [0.1, 0.15) is 0 Å². The molecule has 1 heterocycles. The van der Waals surface area contributed by atoms with Crippen LogP contribution in [0.3, 0.4) is 0 Å². The fourth-order valence-corrected chi connectivity index (χ4v) is 8.09. The largest absolute Gasteiger partial charge is 0.494 e. The smallest absolute Gasteiger partial charge is 0.399 e. The molecule has 1 unspecified atom stereocenters. The van der Waals surface area contributed by atoms with Crippen molar-refractivity contribution in [3.63, 3.8) is 0 Å². The first-order chi connectivity index (χ1) is 19.8.